The van der Waals surface area contributed by atoms with Crippen LogP contribution in [0.5, 0.6) is 11.5 Å². The van der Waals surface area contributed by atoms with E-state index in [0.29, 0.717) is 12.7 Å². The van der Waals surface area contributed by atoms with E-state index in [0.717, 1.165) is 11.5 Å². The minimum Gasteiger partial charge on any atom is -0.454 e. The van der Waals surface area contributed by atoms with E-state index in [4.69, 9.17) is 9.47 Å². The molecule has 12 heavy (non-hydrogen) atoms. The normalized spacial score (nSPS) is 13.9. The van der Waals surface area contributed by atoms with Crippen molar-refractivity contribution in [2.75, 3.05) is 6.79 Å². The molecular weight excluding hydrogens is 152 g/mol. The van der Waals surface area contributed by atoms with Crippen LogP contribution < -0.4 is 9.47 Å². The fraction of sp³-hybridized carbons (Fsp3) is 0.400. The standard InChI is InChI=1S/C10H12O2/c1-7(2)8-3-4-9-10(5-8)12-6-11-9/h3-5,7H,6H2,1-2H3. The van der Waals surface area contributed by atoms with E-state index in [1.165, 1.54) is 5.56 Å². The van der Waals surface area contributed by atoms with Crippen LogP contribution in [0.4, 0.5) is 0 Å². The molecular formula is C10H12O2. The van der Waals surface area contributed by atoms with Crippen molar-refractivity contribution in [1.29, 1.82) is 0 Å². The Bertz CT molecular complexity index is 292. The second-order valence-corrected chi connectivity index (χ2v) is 3.27. The Morgan fingerprint density at radius 3 is 2.67 bits per heavy atom. The van der Waals surface area contributed by atoms with Gasteiger partial charge in [-0.1, -0.05) is 19.9 Å². The molecule has 0 atom stereocenters. The van der Waals surface area contributed by atoms with Gasteiger partial charge < -0.3 is 9.47 Å². The van der Waals surface area contributed by atoms with E-state index in [2.05, 4.69) is 19.9 Å². The van der Waals surface area contributed by atoms with Crippen LogP contribution in [0.2, 0.25) is 0 Å². The molecule has 64 valence electrons. The lowest BCUT2D eigenvalue weighted by Crippen LogP contribution is -1.93. The number of hydrogen-bond donors (Lipinski definition) is 0. The Labute approximate surface area is 72.1 Å². The monoisotopic (exact) mass is 164 g/mol. The number of fused-ring (bicyclic) bond motifs is 1. The number of benzene rings is 1. The van der Waals surface area contributed by atoms with Gasteiger partial charge in [-0.15, -0.1) is 0 Å². The summed E-state index contributed by atoms with van der Waals surface area (Å²) in [6.45, 7) is 4.69. The Morgan fingerprint density at radius 1 is 1.17 bits per heavy atom. The highest BCUT2D eigenvalue weighted by Crippen LogP contribution is 2.34. The Morgan fingerprint density at radius 2 is 1.92 bits per heavy atom. The first-order valence-electron chi connectivity index (χ1n) is 4.17. The average molecular weight is 164 g/mol. The van der Waals surface area contributed by atoms with Gasteiger partial charge in [-0.05, 0) is 23.6 Å². The van der Waals surface area contributed by atoms with E-state index in [-0.39, 0.29) is 0 Å². The first-order chi connectivity index (χ1) is 5.77. The maximum atomic E-state index is 5.27. The predicted molar refractivity (Wildman–Crippen MR) is 46.7 cm³/mol. The second kappa shape index (κ2) is 2.70. The largest absolute Gasteiger partial charge is 0.454 e. The maximum Gasteiger partial charge on any atom is 0.231 e. The average Bonchev–Trinajstić information content (AvgIpc) is 2.49. The molecule has 0 fully saturated rings. The van der Waals surface area contributed by atoms with E-state index in [9.17, 15) is 0 Å². The molecule has 1 aliphatic heterocycles. The molecule has 1 heterocycles. The molecule has 0 aliphatic carbocycles. The molecule has 0 aromatic heterocycles. The highest BCUT2D eigenvalue weighted by atomic mass is 16.7. The van der Waals surface area contributed by atoms with Crippen LogP contribution in [0.1, 0.15) is 25.3 Å². The molecule has 0 unspecified atom stereocenters. The van der Waals surface area contributed by atoms with Crippen LogP contribution in [0.25, 0.3) is 0 Å². The Hall–Kier alpha value is -1.18. The van der Waals surface area contributed by atoms with Crippen LogP contribution in [-0.2, 0) is 0 Å². The smallest absolute Gasteiger partial charge is 0.231 e. The van der Waals surface area contributed by atoms with Gasteiger partial charge in [-0.2, -0.15) is 0 Å². The van der Waals surface area contributed by atoms with Crippen LogP contribution >= 0.6 is 0 Å². The van der Waals surface area contributed by atoms with Gasteiger partial charge in [0, 0.05) is 0 Å². The lowest BCUT2D eigenvalue weighted by molar-refractivity contribution is 0.174. The predicted octanol–water partition coefficient (Wildman–Crippen LogP) is 2.54. The summed E-state index contributed by atoms with van der Waals surface area (Å²) in [7, 11) is 0. The zero-order valence-corrected chi connectivity index (χ0v) is 7.33. The first-order valence-corrected chi connectivity index (χ1v) is 4.17. The van der Waals surface area contributed by atoms with E-state index in [1.807, 2.05) is 12.1 Å². The molecule has 0 bridgehead atoms. The fourth-order valence-electron chi connectivity index (χ4n) is 1.27. The third-order valence-corrected chi connectivity index (χ3v) is 2.06. The van der Waals surface area contributed by atoms with Gasteiger partial charge in [0.25, 0.3) is 0 Å². The van der Waals surface area contributed by atoms with Crippen molar-refractivity contribution in [3.05, 3.63) is 23.8 Å². The van der Waals surface area contributed by atoms with Gasteiger partial charge in [0.1, 0.15) is 0 Å². The van der Waals surface area contributed by atoms with E-state index < -0.39 is 0 Å². The highest BCUT2D eigenvalue weighted by Gasteiger charge is 2.13. The molecule has 2 heteroatoms. The van der Waals surface area contributed by atoms with Gasteiger partial charge in [0.15, 0.2) is 11.5 Å². The lowest BCUT2D eigenvalue weighted by atomic mass is 10.0. The SMILES string of the molecule is CC(C)c1ccc2c(c1)OCO2. The summed E-state index contributed by atoms with van der Waals surface area (Å²) in [5.74, 6) is 2.28. The minimum atomic E-state index is 0.358. The molecule has 2 nitrogen and oxygen atoms in total. The summed E-state index contributed by atoms with van der Waals surface area (Å²) < 4.78 is 10.5. The molecule has 0 N–H and O–H groups in total. The summed E-state index contributed by atoms with van der Waals surface area (Å²) in [6.07, 6.45) is 0. The van der Waals surface area contributed by atoms with Gasteiger partial charge in [0.05, 0.1) is 0 Å². The molecule has 1 aromatic carbocycles. The molecule has 2 rings (SSSR count). The minimum absolute atomic E-state index is 0.358. The molecule has 1 aliphatic rings. The number of ether oxygens (including phenoxy) is 2. The summed E-state index contributed by atoms with van der Waals surface area (Å²) in [5.41, 5.74) is 1.29. The van der Waals surface area contributed by atoms with Gasteiger partial charge in [-0.3, -0.25) is 0 Å². The van der Waals surface area contributed by atoms with Crippen molar-refractivity contribution in [3.63, 3.8) is 0 Å². The maximum absolute atomic E-state index is 5.27. The van der Waals surface area contributed by atoms with Gasteiger partial charge in [-0.25, -0.2) is 0 Å². The number of hydrogen-bond acceptors (Lipinski definition) is 2. The van der Waals surface area contributed by atoms with Crippen molar-refractivity contribution in [3.8, 4) is 11.5 Å². The second-order valence-electron chi connectivity index (χ2n) is 3.27. The van der Waals surface area contributed by atoms with Crippen LogP contribution in [0.15, 0.2) is 18.2 Å². The van der Waals surface area contributed by atoms with E-state index >= 15 is 0 Å². The van der Waals surface area contributed by atoms with Crippen LogP contribution in [0.3, 0.4) is 0 Å². The van der Waals surface area contributed by atoms with Crippen molar-refractivity contribution < 1.29 is 9.47 Å². The summed E-state index contributed by atoms with van der Waals surface area (Å²) in [6, 6.07) is 6.10. The van der Waals surface area contributed by atoms with Crippen molar-refractivity contribution in [2.24, 2.45) is 0 Å². The topological polar surface area (TPSA) is 18.5 Å². The molecule has 0 saturated carbocycles. The summed E-state index contributed by atoms with van der Waals surface area (Å²) in [5, 5.41) is 0. The zero-order chi connectivity index (χ0) is 8.55. The van der Waals surface area contributed by atoms with Crippen LogP contribution in [0, 0.1) is 0 Å². The summed E-state index contributed by atoms with van der Waals surface area (Å²) >= 11 is 0. The quantitative estimate of drug-likeness (QED) is 0.635. The molecule has 1 aromatic rings. The number of rotatable bonds is 1. The Kier molecular flexibility index (Phi) is 1.68. The Balaban J connectivity index is 2.39. The fourth-order valence-corrected chi connectivity index (χ4v) is 1.27. The van der Waals surface area contributed by atoms with Gasteiger partial charge in [0.2, 0.25) is 6.79 Å². The first kappa shape index (κ1) is 7.47. The molecule has 0 saturated heterocycles. The van der Waals surface area contributed by atoms with Crippen molar-refractivity contribution >= 4 is 0 Å². The molecule has 0 spiro atoms. The van der Waals surface area contributed by atoms with Crippen LogP contribution in [-0.4, -0.2) is 6.79 Å². The van der Waals surface area contributed by atoms with E-state index in [1.54, 1.807) is 0 Å². The lowest BCUT2D eigenvalue weighted by Gasteiger charge is -2.05. The third-order valence-electron chi connectivity index (χ3n) is 2.06. The third kappa shape index (κ3) is 1.13. The van der Waals surface area contributed by atoms with Gasteiger partial charge >= 0.3 is 0 Å². The summed E-state index contributed by atoms with van der Waals surface area (Å²) in [4.78, 5) is 0. The molecule has 0 amide bonds. The highest BCUT2D eigenvalue weighted by molar-refractivity contribution is 5.45. The van der Waals surface area contributed by atoms with Crippen molar-refractivity contribution in [1.82, 2.24) is 0 Å². The zero-order valence-electron chi connectivity index (χ0n) is 7.33. The molecule has 0 radical (unpaired) electrons. The van der Waals surface area contributed by atoms with Crippen molar-refractivity contribution in [2.45, 2.75) is 19.8 Å².